The number of ether oxygens (including phenoxy) is 1. The molecular formula is C20H24N4O3S. The fraction of sp³-hybridized carbons (Fsp3) is 0.450. The fourth-order valence-corrected chi connectivity index (χ4v) is 4.90. The second-order valence-electron chi connectivity index (χ2n) is 7.11. The highest BCUT2D eigenvalue weighted by molar-refractivity contribution is 7.99. The van der Waals surface area contributed by atoms with Gasteiger partial charge in [-0.2, -0.15) is 0 Å². The molecule has 1 saturated heterocycles. The summed E-state index contributed by atoms with van der Waals surface area (Å²) in [7, 11) is 1.68. The number of fused-ring (bicyclic) bond motifs is 1. The van der Waals surface area contributed by atoms with Crippen molar-refractivity contribution in [1.82, 2.24) is 14.5 Å². The summed E-state index contributed by atoms with van der Waals surface area (Å²) in [4.78, 5) is 33.8. The van der Waals surface area contributed by atoms with E-state index >= 15 is 0 Å². The summed E-state index contributed by atoms with van der Waals surface area (Å²) in [5.41, 5.74) is 1.65. The molecule has 0 radical (unpaired) electrons. The van der Waals surface area contributed by atoms with Crippen LogP contribution < -0.4 is 15.2 Å². The maximum atomic E-state index is 12.9. The number of hydrogen-bond acceptors (Lipinski definition) is 6. The molecular weight excluding hydrogens is 376 g/mol. The molecule has 0 saturated carbocycles. The summed E-state index contributed by atoms with van der Waals surface area (Å²) < 4.78 is 7.15. The minimum absolute atomic E-state index is 0.0335. The Labute approximate surface area is 168 Å². The molecule has 0 bridgehead atoms. The van der Waals surface area contributed by atoms with Crippen LogP contribution in [0.25, 0.3) is 0 Å². The minimum atomic E-state index is -0.111. The average molecular weight is 401 g/mol. The van der Waals surface area contributed by atoms with Gasteiger partial charge in [-0.3, -0.25) is 14.2 Å². The van der Waals surface area contributed by atoms with Crippen molar-refractivity contribution in [2.45, 2.75) is 24.5 Å². The smallest absolute Gasteiger partial charge is 0.257 e. The van der Waals surface area contributed by atoms with Crippen molar-refractivity contribution in [2.24, 2.45) is 0 Å². The van der Waals surface area contributed by atoms with Gasteiger partial charge in [0.15, 0.2) is 5.16 Å². The molecule has 1 fully saturated rings. The Balaban J connectivity index is 1.40. The predicted octanol–water partition coefficient (Wildman–Crippen LogP) is 1.95. The molecule has 0 N–H and O–H groups in total. The number of carbonyl (C=O) groups is 1. The summed E-state index contributed by atoms with van der Waals surface area (Å²) in [6.07, 6.45) is 1.96. The standard InChI is InChI=1S/C20H24N4O3S/c1-14-12-21-20-24(19(14)26)15(13-28-20)11-18(25)23-9-7-22(8-10-23)16-5-3-4-6-17(16)27-2/h3-6,12,15H,7-11,13H2,1-2H3. The number of amides is 1. The summed E-state index contributed by atoms with van der Waals surface area (Å²) in [5, 5.41) is 0.717. The lowest BCUT2D eigenvalue weighted by atomic mass is 10.1. The van der Waals surface area contributed by atoms with Crippen molar-refractivity contribution in [3.63, 3.8) is 0 Å². The van der Waals surface area contributed by atoms with Crippen molar-refractivity contribution in [1.29, 1.82) is 0 Å². The van der Waals surface area contributed by atoms with Gasteiger partial charge < -0.3 is 14.5 Å². The number of nitrogens with zero attached hydrogens (tertiary/aromatic N) is 4. The van der Waals surface area contributed by atoms with Crippen molar-refractivity contribution >= 4 is 23.4 Å². The van der Waals surface area contributed by atoms with Gasteiger partial charge in [0.25, 0.3) is 5.56 Å². The van der Waals surface area contributed by atoms with Crippen LogP contribution in [-0.4, -0.2) is 59.4 Å². The van der Waals surface area contributed by atoms with Crippen LogP contribution in [0.1, 0.15) is 18.0 Å². The topological polar surface area (TPSA) is 67.7 Å². The highest BCUT2D eigenvalue weighted by Crippen LogP contribution is 2.33. The number of rotatable bonds is 4. The number of benzene rings is 1. The first-order chi connectivity index (χ1) is 13.6. The van der Waals surface area contributed by atoms with Gasteiger partial charge in [0.05, 0.1) is 18.8 Å². The number of methoxy groups -OCH3 is 1. The minimum Gasteiger partial charge on any atom is -0.495 e. The largest absolute Gasteiger partial charge is 0.495 e. The van der Waals surface area contributed by atoms with E-state index in [1.54, 1.807) is 36.6 Å². The lowest BCUT2D eigenvalue weighted by molar-refractivity contribution is -0.132. The first-order valence-corrected chi connectivity index (χ1v) is 10.4. The molecule has 8 heteroatoms. The second-order valence-corrected chi connectivity index (χ2v) is 8.09. The van der Waals surface area contributed by atoms with Crippen LogP contribution in [0.2, 0.25) is 0 Å². The number of hydrogen-bond donors (Lipinski definition) is 0. The molecule has 4 rings (SSSR count). The third kappa shape index (κ3) is 3.48. The molecule has 28 heavy (non-hydrogen) atoms. The number of piperazine rings is 1. The van der Waals surface area contributed by atoms with Crippen LogP contribution in [0.4, 0.5) is 5.69 Å². The maximum absolute atomic E-state index is 12.9. The number of carbonyl (C=O) groups excluding carboxylic acids is 1. The van der Waals surface area contributed by atoms with E-state index in [0.29, 0.717) is 25.1 Å². The molecule has 1 aromatic heterocycles. The Morgan fingerprint density at radius 3 is 2.75 bits per heavy atom. The Hall–Kier alpha value is -2.48. The van der Waals surface area contributed by atoms with Gasteiger partial charge in [-0.25, -0.2) is 4.98 Å². The predicted molar refractivity (Wildman–Crippen MR) is 109 cm³/mol. The Bertz CT molecular complexity index is 937. The van der Waals surface area contributed by atoms with Crippen LogP contribution in [0.15, 0.2) is 40.4 Å². The Morgan fingerprint density at radius 1 is 1.25 bits per heavy atom. The van der Waals surface area contributed by atoms with Crippen molar-refractivity contribution in [3.05, 3.63) is 46.4 Å². The fourth-order valence-electron chi connectivity index (χ4n) is 3.79. The van der Waals surface area contributed by atoms with Crippen LogP contribution in [0.3, 0.4) is 0 Å². The monoisotopic (exact) mass is 400 g/mol. The number of aryl methyl sites for hydroxylation is 1. The molecule has 2 aromatic rings. The lowest BCUT2D eigenvalue weighted by Crippen LogP contribution is -2.49. The van der Waals surface area contributed by atoms with Crippen molar-refractivity contribution in [2.75, 3.05) is 43.9 Å². The molecule has 148 valence electrons. The van der Waals surface area contributed by atoms with E-state index in [4.69, 9.17) is 4.74 Å². The van der Waals surface area contributed by atoms with Crippen LogP contribution in [0, 0.1) is 6.92 Å². The van der Waals surface area contributed by atoms with E-state index in [1.807, 2.05) is 29.2 Å². The van der Waals surface area contributed by atoms with E-state index in [2.05, 4.69) is 9.88 Å². The Morgan fingerprint density at radius 2 is 2.00 bits per heavy atom. The number of thioether (sulfide) groups is 1. The van der Waals surface area contributed by atoms with Crippen LogP contribution >= 0.6 is 11.8 Å². The second kappa shape index (κ2) is 7.87. The molecule has 0 spiro atoms. The maximum Gasteiger partial charge on any atom is 0.257 e. The first kappa shape index (κ1) is 18.9. The molecule has 1 amide bonds. The zero-order chi connectivity index (χ0) is 19.7. The molecule has 1 unspecified atom stereocenters. The zero-order valence-corrected chi connectivity index (χ0v) is 16.9. The van der Waals surface area contributed by atoms with E-state index < -0.39 is 0 Å². The number of anilines is 1. The average Bonchev–Trinajstić information content (AvgIpc) is 3.14. The van der Waals surface area contributed by atoms with Crippen molar-refractivity contribution in [3.8, 4) is 5.75 Å². The van der Waals surface area contributed by atoms with Gasteiger partial charge in [-0.05, 0) is 19.1 Å². The third-order valence-corrected chi connectivity index (χ3v) is 6.48. The van der Waals surface area contributed by atoms with E-state index in [1.165, 1.54) is 0 Å². The van der Waals surface area contributed by atoms with E-state index in [9.17, 15) is 9.59 Å². The molecule has 1 atom stereocenters. The van der Waals surface area contributed by atoms with Crippen LogP contribution in [0.5, 0.6) is 5.75 Å². The lowest BCUT2D eigenvalue weighted by Gasteiger charge is -2.37. The Kier molecular flexibility index (Phi) is 5.30. The van der Waals surface area contributed by atoms with Gasteiger partial charge in [-0.1, -0.05) is 23.9 Å². The number of para-hydroxylation sites is 2. The highest BCUT2D eigenvalue weighted by atomic mass is 32.2. The molecule has 2 aliphatic heterocycles. The third-order valence-electron chi connectivity index (χ3n) is 5.37. The highest BCUT2D eigenvalue weighted by Gasteiger charge is 2.30. The van der Waals surface area contributed by atoms with Gasteiger partial charge in [-0.15, -0.1) is 0 Å². The van der Waals surface area contributed by atoms with Gasteiger partial charge in [0.2, 0.25) is 5.91 Å². The van der Waals surface area contributed by atoms with Crippen LogP contribution in [-0.2, 0) is 4.79 Å². The first-order valence-electron chi connectivity index (χ1n) is 9.45. The molecule has 3 heterocycles. The normalized spacial score (nSPS) is 18.9. The summed E-state index contributed by atoms with van der Waals surface area (Å²) in [6, 6.07) is 7.84. The summed E-state index contributed by atoms with van der Waals surface area (Å²) >= 11 is 1.55. The van der Waals surface area contributed by atoms with Gasteiger partial charge in [0, 0.05) is 50.1 Å². The molecule has 1 aromatic carbocycles. The molecule has 2 aliphatic rings. The SMILES string of the molecule is COc1ccccc1N1CCN(C(=O)CC2CSc3ncc(C)c(=O)n32)CC1. The van der Waals surface area contributed by atoms with E-state index in [-0.39, 0.29) is 17.5 Å². The summed E-state index contributed by atoms with van der Waals surface area (Å²) in [6.45, 7) is 4.64. The van der Waals surface area contributed by atoms with Crippen molar-refractivity contribution < 1.29 is 9.53 Å². The summed E-state index contributed by atoms with van der Waals surface area (Å²) in [5.74, 6) is 1.68. The van der Waals surface area contributed by atoms with E-state index in [0.717, 1.165) is 35.4 Å². The quantitative estimate of drug-likeness (QED) is 0.731. The molecule has 7 nitrogen and oxygen atoms in total. The molecule has 0 aliphatic carbocycles. The zero-order valence-electron chi connectivity index (χ0n) is 16.1. The van der Waals surface area contributed by atoms with Gasteiger partial charge in [0.1, 0.15) is 5.75 Å². The number of aromatic nitrogens is 2. The van der Waals surface area contributed by atoms with Gasteiger partial charge >= 0.3 is 0 Å².